The number of amides is 1. The number of pyridine rings is 1. The van der Waals surface area contributed by atoms with Gasteiger partial charge in [-0.25, -0.2) is 4.98 Å². The fourth-order valence-corrected chi connectivity index (χ4v) is 2.86. The van der Waals surface area contributed by atoms with E-state index in [1.807, 2.05) is 41.2 Å². The van der Waals surface area contributed by atoms with E-state index >= 15 is 0 Å². The predicted molar refractivity (Wildman–Crippen MR) is 97.1 cm³/mol. The molecule has 142 valence electrons. The Labute approximate surface area is 158 Å². The summed E-state index contributed by atoms with van der Waals surface area (Å²) < 4.78 is 41.6. The number of fused-ring (bicyclic) bond motifs is 1. The third kappa shape index (κ3) is 3.62. The third-order valence-corrected chi connectivity index (χ3v) is 4.29. The van der Waals surface area contributed by atoms with Crippen LogP contribution in [0.15, 0.2) is 73.3 Å². The lowest BCUT2D eigenvalue weighted by Crippen LogP contribution is -2.22. The first-order valence-corrected chi connectivity index (χ1v) is 8.46. The molecule has 0 saturated carbocycles. The topological polar surface area (TPSA) is 51.3 Å². The van der Waals surface area contributed by atoms with Gasteiger partial charge in [-0.3, -0.25) is 4.79 Å². The molecule has 28 heavy (non-hydrogen) atoms. The molecule has 0 aliphatic carbocycles. The molecule has 1 amide bonds. The first-order chi connectivity index (χ1) is 13.4. The number of aromatic nitrogens is 3. The normalized spacial score (nSPS) is 11.7. The highest BCUT2D eigenvalue weighted by atomic mass is 19.4. The van der Waals surface area contributed by atoms with Gasteiger partial charge in [0, 0.05) is 36.0 Å². The highest BCUT2D eigenvalue weighted by Crippen LogP contribution is 2.29. The molecule has 0 unspecified atom stereocenters. The van der Waals surface area contributed by atoms with E-state index in [2.05, 4.69) is 10.3 Å². The molecule has 0 aliphatic rings. The number of imidazole rings is 1. The van der Waals surface area contributed by atoms with Gasteiger partial charge in [0.15, 0.2) is 0 Å². The van der Waals surface area contributed by atoms with E-state index in [4.69, 9.17) is 0 Å². The summed E-state index contributed by atoms with van der Waals surface area (Å²) in [4.78, 5) is 16.5. The highest BCUT2D eigenvalue weighted by Gasteiger charge is 2.30. The summed E-state index contributed by atoms with van der Waals surface area (Å²) in [5.41, 5.74) is 1.52. The number of alkyl halides is 3. The van der Waals surface area contributed by atoms with Crippen LogP contribution in [0.25, 0.3) is 11.3 Å². The number of halogens is 3. The summed E-state index contributed by atoms with van der Waals surface area (Å²) in [6.07, 6.45) is 1.85. The number of carbonyl (C=O) groups is 1. The molecule has 5 nitrogen and oxygen atoms in total. The van der Waals surface area contributed by atoms with Gasteiger partial charge >= 0.3 is 6.18 Å². The number of nitrogens with one attached hydrogen (secondary N) is 1. The van der Waals surface area contributed by atoms with Gasteiger partial charge in [0.1, 0.15) is 5.65 Å². The molecule has 3 heterocycles. The Kier molecular flexibility index (Phi) is 4.38. The van der Waals surface area contributed by atoms with E-state index in [9.17, 15) is 18.0 Å². The zero-order valence-electron chi connectivity index (χ0n) is 14.5. The Morgan fingerprint density at radius 1 is 1.00 bits per heavy atom. The second kappa shape index (κ2) is 6.88. The standard InChI is InChI=1S/C20H15F3N4O/c21-20(22,23)15-5-8-18-25-16(13-27(18)12-15)11-24-19(28)14-3-6-17(7-4-14)26-9-1-2-10-26/h1-10,12-13H,11H2,(H,24,28). The monoisotopic (exact) mass is 384 g/mol. The van der Waals surface area contributed by atoms with Crippen LogP contribution < -0.4 is 5.32 Å². The molecule has 0 fully saturated rings. The molecule has 4 rings (SSSR count). The van der Waals surface area contributed by atoms with Gasteiger partial charge in [-0.1, -0.05) is 0 Å². The van der Waals surface area contributed by atoms with E-state index < -0.39 is 11.7 Å². The second-order valence-corrected chi connectivity index (χ2v) is 6.23. The number of hydrogen-bond acceptors (Lipinski definition) is 2. The summed E-state index contributed by atoms with van der Waals surface area (Å²) >= 11 is 0. The average molecular weight is 384 g/mol. The van der Waals surface area contributed by atoms with Gasteiger partial charge in [0.25, 0.3) is 5.91 Å². The number of rotatable bonds is 4. The molecule has 0 atom stereocenters. The fourth-order valence-electron chi connectivity index (χ4n) is 2.86. The summed E-state index contributed by atoms with van der Waals surface area (Å²) in [6.45, 7) is 0.112. The van der Waals surface area contributed by atoms with Gasteiger partial charge in [0.2, 0.25) is 0 Å². The number of benzene rings is 1. The predicted octanol–water partition coefficient (Wildman–Crippen LogP) is 4.07. The van der Waals surface area contributed by atoms with Crippen molar-refractivity contribution in [3.63, 3.8) is 0 Å². The van der Waals surface area contributed by atoms with Crippen LogP contribution in [-0.4, -0.2) is 19.9 Å². The maximum absolute atomic E-state index is 12.8. The third-order valence-electron chi connectivity index (χ3n) is 4.29. The van der Waals surface area contributed by atoms with Crippen molar-refractivity contribution in [2.24, 2.45) is 0 Å². The Morgan fingerprint density at radius 2 is 1.71 bits per heavy atom. The molecule has 0 spiro atoms. The van der Waals surface area contributed by atoms with Crippen molar-refractivity contribution in [3.05, 3.63) is 90.1 Å². The zero-order valence-corrected chi connectivity index (χ0v) is 14.5. The first-order valence-electron chi connectivity index (χ1n) is 8.46. The van der Waals surface area contributed by atoms with Crippen LogP contribution in [0, 0.1) is 0 Å². The molecule has 0 aliphatic heterocycles. The van der Waals surface area contributed by atoms with E-state index in [0.717, 1.165) is 18.0 Å². The average Bonchev–Trinajstić information content (AvgIpc) is 3.34. The minimum atomic E-state index is -4.42. The number of hydrogen-bond donors (Lipinski definition) is 1. The number of carbonyl (C=O) groups excluding carboxylic acids is 1. The van der Waals surface area contributed by atoms with E-state index in [1.54, 1.807) is 12.1 Å². The summed E-state index contributed by atoms with van der Waals surface area (Å²) in [5, 5.41) is 2.73. The van der Waals surface area contributed by atoms with Gasteiger partial charge < -0.3 is 14.3 Å². The van der Waals surface area contributed by atoms with Crippen LogP contribution in [0.1, 0.15) is 21.6 Å². The van der Waals surface area contributed by atoms with E-state index in [1.165, 1.54) is 16.7 Å². The molecule has 1 N–H and O–H groups in total. The van der Waals surface area contributed by atoms with Gasteiger partial charge in [0.05, 0.1) is 17.8 Å². The van der Waals surface area contributed by atoms with Crippen LogP contribution in [0.5, 0.6) is 0 Å². The largest absolute Gasteiger partial charge is 0.417 e. The zero-order chi connectivity index (χ0) is 19.7. The summed E-state index contributed by atoms with van der Waals surface area (Å²) in [5.74, 6) is -0.285. The molecule has 1 aromatic carbocycles. The summed E-state index contributed by atoms with van der Waals surface area (Å²) in [7, 11) is 0. The van der Waals surface area contributed by atoms with Crippen molar-refractivity contribution >= 4 is 11.6 Å². The molecular weight excluding hydrogens is 369 g/mol. The second-order valence-electron chi connectivity index (χ2n) is 6.23. The van der Waals surface area contributed by atoms with Gasteiger partial charge in [-0.15, -0.1) is 0 Å². The molecule has 0 radical (unpaired) electrons. The van der Waals surface area contributed by atoms with Gasteiger partial charge in [-0.2, -0.15) is 13.2 Å². The summed E-state index contributed by atoms with van der Waals surface area (Å²) in [6, 6.07) is 13.2. The Bertz CT molecular complexity index is 1110. The van der Waals surface area contributed by atoms with Crippen molar-refractivity contribution in [1.29, 1.82) is 0 Å². The maximum Gasteiger partial charge on any atom is 0.417 e. The maximum atomic E-state index is 12.8. The molecular formula is C20H15F3N4O. The van der Waals surface area contributed by atoms with Crippen LogP contribution in [0.3, 0.4) is 0 Å². The Balaban J connectivity index is 1.44. The number of nitrogens with zero attached hydrogens (tertiary/aromatic N) is 3. The van der Waals surface area contributed by atoms with Crippen molar-refractivity contribution < 1.29 is 18.0 Å². The quantitative estimate of drug-likeness (QED) is 0.577. The van der Waals surface area contributed by atoms with Crippen LogP contribution in [0.2, 0.25) is 0 Å². The van der Waals surface area contributed by atoms with Crippen molar-refractivity contribution in [1.82, 2.24) is 19.3 Å². The van der Waals surface area contributed by atoms with Crippen molar-refractivity contribution in [2.45, 2.75) is 12.7 Å². The first kappa shape index (κ1) is 17.8. The van der Waals surface area contributed by atoms with Gasteiger partial charge in [-0.05, 0) is 48.5 Å². The molecule has 8 heteroatoms. The molecule has 0 saturated heterocycles. The van der Waals surface area contributed by atoms with Crippen molar-refractivity contribution in [3.8, 4) is 5.69 Å². The highest BCUT2D eigenvalue weighted by molar-refractivity contribution is 5.94. The van der Waals surface area contributed by atoms with E-state index in [-0.39, 0.29) is 12.5 Å². The lowest BCUT2D eigenvalue weighted by molar-refractivity contribution is -0.137. The molecule has 0 bridgehead atoms. The minimum absolute atomic E-state index is 0.112. The lowest BCUT2D eigenvalue weighted by Gasteiger charge is -2.06. The van der Waals surface area contributed by atoms with E-state index in [0.29, 0.717) is 16.9 Å². The van der Waals surface area contributed by atoms with Crippen molar-refractivity contribution in [2.75, 3.05) is 0 Å². The minimum Gasteiger partial charge on any atom is -0.346 e. The van der Waals surface area contributed by atoms with Crippen LogP contribution in [-0.2, 0) is 12.7 Å². The van der Waals surface area contributed by atoms with Crippen LogP contribution in [0.4, 0.5) is 13.2 Å². The Hall–Kier alpha value is -3.55. The molecule has 3 aromatic heterocycles. The SMILES string of the molecule is O=C(NCc1cn2cc(C(F)(F)F)ccc2n1)c1ccc(-n2cccc2)cc1. The Morgan fingerprint density at radius 3 is 2.39 bits per heavy atom. The molecule has 4 aromatic rings. The fraction of sp³-hybridized carbons (Fsp3) is 0.100. The smallest absolute Gasteiger partial charge is 0.346 e. The lowest BCUT2D eigenvalue weighted by atomic mass is 10.2. The van der Waals surface area contributed by atoms with Crippen LogP contribution >= 0.6 is 0 Å².